The summed E-state index contributed by atoms with van der Waals surface area (Å²) in [7, 11) is 0. The summed E-state index contributed by atoms with van der Waals surface area (Å²) in [5.41, 5.74) is 4.01. The standard InChI is InChI=1S/C27H29ClN4O2/c1-18-9-10-21(17-23(18)28)32-26(33)12-11-25(30-32)31-15-13-20(14-16-31)27(34)29-24-8-4-6-19-5-2-3-7-22(19)24/h2-3,5,7,9-12,17,20,24H,4,6,8,13-16H2,1H3,(H,29,34)/t24-/m1/s1. The van der Waals surface area contributed by atoms with E-state index in [9.17, 15) is 9.59 Å². The van der Waals surface area contributed by atoms with E-state index in [0.29, 0.717) is 10.7 Å². The fourth-order valence-corrected chi connectivity index (χ4v) is 5.21. The number of halogens is 1. The van der Waals surface area contributed by atoms with Crippen LogP contribution in [0.15, 0.2) is 59.4 Å². The Hall–Kier alpha value is -3.12. The molecule has 1 aromatic heterocycles. The summed E-state index contributed by atoms with van der Waals surface area (Å²) in [5, 5.41) is 8.51. The number of hydrogen-bond acceptors (Lipinski definition) is 4. The molecule has 2 aromatic carbocycles. The highest BCUT2D eigenvalue weighted by atomic mass is 35.5. The minimum Gasteiger partial charge on any atom is -0.355 e. The van der Waals surface area contributed by atoms with Crippen molar-refractivity contribution < 1.29 is 4.79 Å². The molecule has 1 fully saturated rings. The van der Waals surface area contributed by atoms with Crippen molar-refractivity contribution in [2.75, 3.05) is 18.0 Å². The number of piperidine rings is 1. The average molecular weight is 477 g/mol. The number of hydrogen-bond donors (Lipinski definition) is 1. The van der Waals surface area contributed by atoms with E-state index >= 15 is 0 Å². The number of carbonyl (C=O) groups excluding carboxylic acids is 1. The zero-order chi connectivity index (χ0) is 23.7. The zero-order valence-corrected chi connectivity index (χ0v) is 20.1. The van der Waals surface area contributed by atoms with Crippen molar-refractivity contribution in [3.63, 3.8) is 0 Å². The topological polar surface area (TPSA) is 67.2 Å². The normalized spacial score (nSPS) is 18.4. The Labute approximate surface area is 204 Å². The summed E-state index contributed by atoms with van der Waals surface area (Å²) < 4.78 is 1.39. The van der Waals surface area contributed by atoms with Gasteiger partial charge in [-0.05, 0) is 73.9 Å². The predicted molar refractivity (Wildman–Crippen MR) is 135 cm³/mol. The smallest absolute Gasteiger partial charge is 0.271 e. The molecular weight excluding hydrogens is 448 g/mol. The van der Waals surface area contributed by atoms with Crippen molar-refractivity contribution in [2.24, 2.45) is 5.92 Å². The third-order valence-electron chi connectivity index (χ3n) is 7.06. The van der Waals surface area contributed by atoms with Gasteiger partial charge in [0.2, 0.25) is 5.91 Å². The van der Waals surface area contributed by atoms with Crippen LogP contribution in [0.5, 0.6) is 0 Å². The summed E-state index contributed by atoms with van der Waals surface area (Å²) in [5.74, 6) is 0.872. The fourth-order valence-electron chi connectivity index (χ4n) is 5.03. The van der Waals surface area contributed by atoms with Gasteiger partial charge < -0.3 is 10.2 Å². The first-order chi connectivity index (χ1) is 16.5. The van der Waals surface area contributed by atoms with Gasteiger partial charge in [-0.15, -0.1) is 5.10 Å². The van der Waals surface area contributed by atoms with Gasteiger partial charge in [0.1, 0.15) is 5.82 Å². The first kappa shape index (κ1) is 22.7. The van der Waals surface area contributed by atoms with Gasteiger partial charge in [-0.1, -0.05) is 41.9 Å². The quantitative estimate of drug-likeness (QED) is 0.597. The molecule has 3 aromatic rings. The van der Waals surface area contributed by atoms with Crippen LogP contribution < -0.4 is 15.8 Å². The third-order valence-corrected chi connectivity index (χ3v) is 7.47. The molecule has 0 spiro atoms. The van der Waals surface area contributed by atoms with Gasteiger partial charge in [0.05, 0.1) is 11.7 Å². The Kier molecular flexibility index (Phi) is 6.42. The van der Waals surface area contributed by atoms with Crippen LogP contribution in [0.2, 0.25) is 5.02 Å². The Morgan fingerprint density at radius 1 is 1.06 bits per heavy atom. The number of anilines is 1. The van der Waals surface area contributed by atoms with Crippen LogP contribution in [0, 0.1) is 12.8 Å². The second-order valence-corrected chi connectivity index (χ2v) is 9.70. The number of fused-ring (bicyclic) bond motifs is 1. The maximum atomic E-state index is 13.1. The van der Waals surface area contributed by atoms with E-state index in [0.717, 1.165) is 56.6 Å². The van der Waals surface area contributed by atoms with E-state index in [1.807, 2.05) is 19.1 Å². The zero-order valence-electron chi connectivity index (χ0n) is 19.3. The Morgan fingerprint density at radius 3 is 2.65 bits per heavy atom. The molecule has 34 heavy (non-hydrogen) atoms. The first-order valence-electron chi connectivity index (χ1n) is 12.0. The number of nitrogens with zero attached hydrogens (tertiary/aromatic N) is 3. The monoisotopic (exact) mass is 476 g/mol. The molecule has 2 aliphatic rings. The molecule has 2 heterocycles. The minimum absolute atomic E-state index is 0.00727. The van der Waals surface area contributed by atoms with Crippen LogP contribution in [0.25, 0.3) is 5.69 Å². The van der Waals surface area contributed by atoms with E-state index in [1.165, 1.54) is 21.9 Å². The largest absolute Gasteiger partial charge is 0.355 e. The van der Waals surface area contributed by atoms with Crippen LogP contribution in [0.3, 0.4) is 0 Å². The minimum atomic E-state index is -0.203. The van der Waals surface area contributed by atoms with Crippen molar-refractivity contribution in [1.82, 2.24) is 15.1 Å². The maximum absolute atomic E-state index is 13.1. The van der Waals surface area contributed by atoms with Gasteiger partial charge in [0, 0.05) is 30.1 Å². The molecule has 1 atom stereocenters. The van der Waals surface area contributed by atoms with E-state index in [2.05, 4.69) is 39.6 Å². The highest BCUT2D eigenvalue weighted by Crippen LogP contribution is 2.30. The molecule has 0 saturated carbocycles. The predicted octanol–water partition coefficient (Wildman–Crippen LogP) is 4.60. The van der Waals surface area contributed by atoms with Crippen LogP contribution in [0.1, 0.15) is 48.4 Å². The van der Waals surface area contributed by atoms with E-state index in [4.69, 9.17) is 11.6 Å². The highest BCUT2D eigenvalue weighted by Gasteiger charge is 2.29. The molecule has 6 nitrogen and oxygen atoms in total. The van der Waals surface area contributed by atoms with Crippen LogP contribution in [-0.2, 0) is 11.2 Å². The van der Waals surface area contributed by atoms with Crippen LogP contribution in [-0.4, -0.2) is 28.8 Å². The average Bonchev–Trinajstić information content (AvgIpc) is 2.86. The van der Waals surface area contributed by atoms with Crippen LogP contribution in [0.4, 0.5) is 5.82 Å². The lowest BCUT2D eigenvalue weighted by atomic mass is 9.87. The lowest BCUT2D eigenvalue weighted by Crippen LogP contribution is -2.42. The van der Waals surface area contributed by atoms with Gasteiger partial charge >= 0.3 is 0 Å². The number of amides is 1. The Balaban J connectivity index is 1.25. The lowest BCUT2D eigenvalue weighted by Gasteiger charge is -2.34. The number of benzene rings is 2. The maximum Gasteiger partial charge on any atom is 0.271 e. The molecule has 5 rings (SSSR count). The van der Waals surface area contributed by atoms with Gasteiger partial charge in [-0.25, -0.2) is 0 Å². The molecular formula is C27H29ClN4O2. The van der Waals surface area contributed by atoms with Crippen molar-refractivity contribution in [3.8, 4) is 5.69 Å². The molecule has 0 unspecified atom stereocenters. The number of rotatable bonds is 4. The lowest BCUT2D eigenvalue weighted by molar-refractivity contribution is -0.126. The summed E-state index contributed by atoms with van der Waals surface area (Å²) in [6, 6.07) is 17.3. The van der Waals surface area contributed by atoms with Crippen molar-refractivity contribution in [1.29, 1.82) is 0 Å². The Morgan fingerprint density at radius 2 is 1.85 bits per heavy atom. The third kappa shape index (κ3) is 4.60. The molecule has 0 bridgehead atoms. The molecule has 1 aliphatic heterocycles. The van der Waals surface area contributed by atoms with Gasteiger partial charge in [0.15, 0.2) is 0 Å². The first-order valence-corrected chi connectivity index (χ1v) is 12.4. The van der Waals surface area contributed by atoms with Gasteiger partial charge in [-0.2, -0.15) is 4.68 Å². The number of carbonyl (C=O) groups is 1. The second kappa shape index (κ2) is 9.63. The second-order valence-electron chi connectivity index (χ2n) is 9.29. The molecule has 1 aliphatic carbocycles. The number of aryl methyl sites for hydroxylation is 2. The van der Waals surface area contributed by atoms with Gasteiger partial charge in [-0.3, -0.25) is 9.59 Å². The van der Waals surface area contributed by atoms with Crippen molar-refractivity contribution >= 4 is 23.3 Å². The van der Waals surface area contributed by atoms with E-state index in [1.54, 1.807) is 12.1 Å². The number of nitrogens with one attached hydrogen (secondary N) is 1. The fraction of sp³-hybridized carbons (Fsp3) is 0.370. The SMILES string of the molecule is Cc1ccc(-n2nc(N3CCC(C(=O)N[C@@H]4CCCc5ccccc54)CC3)ccc2=O)cc1Cl. The number of aromatic nitrogens is 2. The van der Waals surface area contributed by atoms with Crippen molar-refractivity contribution in [3.05, 3.63) is 86.7 Å². The van der Waals surface area contributed by atoms with Crippen LogP contribution >= 0.6 is 11.6 Å². The molecule has 1 saturated heterocycles. The molecule has 0 radical (unpaired) electrons. The molecule has 1 N–H and O–H groups in total. The summed E-state index contributed by atoms with van der Waals surface area (Å²) in [4.78, 5) is 27.7. The summed E-state index contributed by atoms with van der Waals surface area (Å²) >= 11 is 6.26. The Bertz CT molecular complexity index is 1260. The molecule has 1 amide bonds. The van der Waals surface area contributed by atoms with Crippen molar-refractivity contribution in [2.45, 2.75) is 45.1 Å². The summed E-state index contributed by atoms with van der Waals surface area (Å²) in [6.07, 6.45) is 4.71. The molecule has 7 heteroatoms. The summed E-state index contributed by atoms with van der Waals surface area (Å²) in [6.45, 7) is 3.37. The highest BCUT2D eigenvalue weighted by molar-refractivity contribution is 6.31. The molecule has 176 valence electrons. The van der Waals surface area contributed by atoms with E-state index < -0.39 is 0 Å². The van der Waals surface area contributed by atoms with Gasteiger partial charge in [0.25, 0.3) is 5.56 Å². The van der Waals surface area contributed by atoms with E-state index in [-0.39, 0.29) is 23.4 Å².